The van der Waals surface area contributed by atoms with E-state index in [2.05, 4.69) is 10.1 Å². The molecule has 0 saturated heterocycles. The number of benzene rings is 2. The molecule has 0 aliphatic heterocycles. The molecule has 7 nitrogen and oxygen atoms in total. The number of aromatic nitrogens is 3. The fourth-order valence-electron chi connectivity index (χ4n) is 2.50. The second kappa shape index (κ2) is 5.72. The van der Waals surface area contributed by atoms with Gasteiger partial charge in [0.2, 0.25) is 5.89 Å². The fraction of sp³-hybridized carbons (Fsp3) is 0. The smallest absolute Gasteiger partial charge is 0.443 e. The Morgan fingerprint density at radius 2 is 1.88 bits per heavy atom. The van der Waals surface area contributed by atoms with Crippen molar-refractivity contribution in [1.29, 1.82) is 0 Å². The van der Waals surface area contributed by atoms with Gasteiger partial charge in [0.25, 0.3) is 0 Å². The van der Waals surface area contributed by atoms with E-state index < -0.39 is 11.7 Å². The lowest BCUT2D eigenvalue weighted by Gasteiger charge is -2.00. The van der Waals surface area contributed by atoms with Crippen LogP contribution in [0.5, 0.6) is 0 Å². The second-order valence-electron chi connectivity index (χ2n) is 5.33. The molecule has 2 heterocycles. The number of carboxylic acid groups (broad SMARTS) is 1. The largest absolute Gasteiger partial charge is 0.478 e. The van der Waals surface area contributed by atoms with Crippen molar-refractivity contribution in [2.45, 2.75) is 0 Å². The predicted octanol–water partition coefficient (Wildman–Crippen LogP) is 2.74. The molecule has 4 aromatic rings. The molecule has 0 fully saturated rings. The molecule has 25 heavy (non-hydrogen) atoms. The predicted molar refractivity (Wildman–Crippen MR) is 89.8 cm³/mol. The zero-order chi connectivity index (χ0) is 17.4. The molecule has 7 heteroatoms. The molecule has 0 bridgehead atoms. The Balaban J connectivity index is 1.81. The quantitative estimate of drug-likeness (QED) is 0.619. The molecule has 2 aromatic heterocycles. The molecule has 0 aliphatic carbocycles. The van der Waals surface area contributed by atoms with E-state index in [0.717, 1.165) is 15.6 Å². The van der Waals surface area contributed by atoms with Crippen molar-refractivity contribution in [3.05, 3.63) is 76.8 Å². The molecular weight excluding hydrogens is 322 g/mol. The first-order chi connectivity index (χ1) is 12.1. The molecule has 0 aliphatic rings. The molecule has 0 unspecified atom stereocenters. The van der Waals surface area contributed by atoms with Crippen LogP contribution in [0.25, 0.3) is 28.2 Å². The summed E-state index contributed by atoms with van der Waals surface area (Å²) in [7, 11) is 0. The van der Waals surface area contributed by atoms with Crippen LogP contribution in [-0.2, 0) is 0 Å². The minimum Gasteiger partial charge on any atom is -0.478 e. The van der Waals surface area contributed by atoms with Crippen LogP contribution in [-0.4, -0.2) is 25.8 Å². The molecule has 122 valence electrons. The van der Waals surface area contributed by atoms with Gasteiger partial charge in [-0.3, -0.25) is 0 Å². The van der Waals surface area contributed by atoms with Crippen LogP contribution in [0.4, 0.5) is 0 Å². The van der Waals surface area contributed by atoms with Crippen LogP contribution in [0.3, 0.4) is 0 Å². The Morgan fingerprint density at radius 3 is 2.72 bits per heavy atom. The summed E-state index contributed by atoms with van der Waals surface area (Å²) in [4.78, 5) is 27.6. The third-order valence-corrected chi connectivity index (χ3v) is 3.70. The van der Waals surface area contributed by atoms with Gasteiger partial charge >= 0.3 is 11.7 Å². The summed E-state index contributed by atoms with van der Waals surface area (Å²) in [6.45, 7) is 0. The lowest BCUT2D eigenvalue weighted by atomic mass is 10.1. The van der Waals surface area contributed by atoms with Gasteiger partial charge in [-0.05, 0) is 36.4 Å². The summed E-state index contributed by atoms with van der Waals surface area (Å²) in [5, 5.41) is 14.1. The molecule has 0 spiro atoms. The molecule has 0 saturated carbocycles. The monoisotopic (exact) mass is 333 g/mol. The first-order valence-corrected chi connectivity index (χ1v) is 7.42. The normalized spacial score (nSPS) is 10.9. The van der Waals surface area contributed by atoms with Gasteiger partial charge < -0.3 is 9.52 Å². The number of pyridine rings is 1. The first-order valence-electron chi connectivity index (χ1n) is 7.42. The van der Waals surface area contributed by atoms with E-state index >= 15 is 0 Å². The van der Waals surface area contributed by atoms with Crippen molar-refractivity contribution in [2.24, 2.45) is 0 Å². The number of carbonyl (C=O) groups is 1. The van der Waals surface area contributed by atoms with Crippen molar-refractivity contribution in [3.8, 4) is 17.3 Å². The molecule has 0 amide bonds. The standard InChI is InChI=1S/C18H11N3O4/c22-17(23)13-6-3-5-12(10-13)16-20-21(18(24)25-16)15-9-8-11-4-1-2-7-14(11)19-15/h1-10H,(H,22,23). The van der Waals surface area contributed by atoms with Crippen molar-refractivity contribution in [2.75, 3.05) is 0 Å². The second-order valence-corrected chi connectivity index (χ2v) is 5.33. The van der Waals surface area contributed by atoms with Crippen LogP contribution in [0, 0.1) is 0 Å². The van der Waals surface area contributed by atoms with Gasteiger partial charge in [0.05, 0.1) is 11.1 Å². The highest BCUT2D eigenvalue weighted by Gasteiger charge is 2.14. The Bertz CT molecular complexity index is 1160. The minimum atomic E-state index is -1.07. The Labute approximate surface area is 140 Å². The van der Waals surface area contributed by atoms with Gasteiger partial charge in [0.1, 0.15) is 0 Å². The van der Waals surface area contributed by atoms with E-state index in [1.54, 1.807) is 18.2 Å². The average molecular weight is 333 g/mol. The highest BCUT2D eigenvalue weighted by molar-refractivity contribution is 5.89. The lowest BCUT2D eigenvalue weighted by molar-refractivity contribution is 0.0697. The lowest BCUT2D eigenvalue weighted by Crippen LogP contribution is -2.14. The number of hydrogen-bond donors (Lipinski definition) is 1. The van der Waals surface area contributed by atoms with Crippen LogP contribution in [0.1, 0.15) is 10.4 Å². The van der Waals surface area contributed by atoms with E-state index in [4.69, 9.17) is 9.52 Å². The molecule has 0 atom stereocenters. The Kier molecular flexibility index (Phi) is 3.39. The summed E-state index contributed by atoms with van der Waals surface area (Å²) in [6.07, 6.45) is 0. The molecule has 4 rings (SSSR count). The number of para-hydroxylation sites is 1. The molecular formula is C18H11N3O4. The van der Waals surface area contributed by atoms with Crippen molar-refractivity contribution in [1.82, 2.24) is 14.8 Å². The maximum Gasteiger partial charge on any atom is 0.443 e. The third-order valence-electron chi connectivity index (χ3n) is 3.70. The van der Waals surface area contributed by atoms with Crippen molar-refractivity contribution < 1.29 is 14.3 Å². The average Bonchev–Trinajstić information content (AvgIpc) is 3.03. The van der Waals surface area contributed by atoms with Gasteiger partial charge in [0.15, 0.2) is 5.82 Å². The Hall–Kier alpha value is -3.74. The topological polar surface area (TPSA) is 98.2 Å². The summed E-state index contributed by atoms with van der Waals surface area (Å²) >= 11 is 0. The van der Waals surface area contributed by atoms with Gasteiger partial charge in [-0.25, -0.2) is 14.6 Å². The van der Waals surface area contributed by atoms with E-state index in [-0.39, 0.29) is 11.5 Å². The van der Waals surface area contributed by atoms with Crippen molar-refractivity contribution >= 4 is 16.9 Å². The van der Waals surface area contributed by atoms with Gasteiger partial charge in [0, 0.05) is 10.9 Å². The summed E-state index contributed by atoms with van der Waals surface area (Å²) in [5.41, 5.74) is 1.21. The number of nitrogens with zero attached hydrogens (tertiary/aromatic N) is 3. The fourth-order valence-corrected chi connectivity index (χ4v) is 2.50. The highest BCUT2D eigenvalue weighted by Crippen LogP contribution is 2.19. The van der Waals surface area contributed by atoms with E-state index in [0.29, 0.717) is 11.4 Å². The molecule has 0 radical (unpaired) electrons. The summed E-state index contributed by atoms with van der Waals surface area (Å²) in [6, 6.07) is 17.0. The van der Waals surface area contributed by atoms with E-state index in [9.17, 15) is 9.59 Å². The first kappa shape index (κ1) is 14.8. The van der Waals surface area contributed by atoms with Crippen LogP contribution < -0.4 is 5.76 Å². The van der Waals surface area contributed by atoms with E-state index in [1.807, 2.05) is 30.3 Å². The maximum absolute atomic E-state index is 12.1. The molecule has 2 aromatic carbocycles. The number of carboxylic acids is 1. The van der Waals surface area contributed by atoms with Crippen molar-refractivity contribution in [3.63, 3.8) is 0 Å². The maximum atomic E-state index is 12.1. The minimum absolute atomic E-state index is 0.0306. The SMILES string of the molecule is O=C(O)c1cccc(-c2nn(-c3ccc4ccccc4n3)c(=O)o2)c1. The van der Waals surface area contributed by atoms with Crippen LogP contribution in [0.15, 0.2) is 69.9 Å². The number of aromatic carboxylic acids is 1. The van der Waals surface area contributed by atoms with Gasteiger partial charge in [-0.1, -0.05) is 24.3 Å². The van der Waals surface area contributed by atoms with E-state index in [1.165, 1.54) is 12.1 Å². The number of hydrogen-bond acceptors (Lipinski definition) is 5. The Morgan fingerprint density at radius 1 is 1.04 bits per heavy atom. The zero-order valence-corrected chi connectivity index (χ0v) is 12.8. The number of fused-ring (bicyclic) bond motifs is 1. The van der Waals surface area contributed by atoms with Gasteiger partial charge in [-0.15, -0.1) is 9.78 Å². The zero-order valence-electron chi connectivity index (χ0n) is 12.8. The third kappa shape index (κ3) is 2.67. The summed E-state index contributed by atoms with van der Waals surface area (Å²) < 4.78 is 6.22. The summed E-state index contributed by atoms with van der Waals surface area (Å²) in [5.74, 6) is -1.41. The van der Waals surface area contributed by atoms with Crippen LogP contribution >= 0.6 is 0 Å². The van der Waals surface area contributed by atoms with Gasteiger partial charge in [-0.2, -0.15) is 0 Å². The highest BCUT2D eigenvalue weighted by atomic mass is 16.4. The number of rotatable bonds is 3. The molecule has 1 N–H and O–H groups in total. The van der Waals surface area contributed by atoms with Crippen LogP contribution in [0.2, 0.25) is 0 Å².